The molecule has 0 unspecified atom stereocenters. The third-order valence-electron chi connectivity index (χ3n) is 3.46. The first kappa shape index (κ1) is 11.2. The third kappa shape index (κ3) is 2.85. The summed E-state index contributed by atoms with van der Waals surface area (Å²) in [6.45, 7) is 0. The maximum absolute atomic E-state index is 5.99. The molecule has 0 amide bonds. The van der Waals surface area contributed by atoms with E-state index in [4.69, 9.17) is 11.1 Å². The Morgan fingerprint density at radius 3 is 2.60 bits per heavy atom. The van der Waals surface area contributed by atoms with Crippen LogP contribution in [0.15, 0.2) is 24.3 Å². The molecule has 0 N–H and O–H groups in total. The Kier molecular flexibility index (Phi) is 4.27. The number of halogens is 1. The molecule has 1 aromatic carbocycles. The summed E-state index contributed by atoms with van der Waals surface area (Å²) in [4.78, 5) is 0. The van der Waals surface area contributed by atoms with E-state index in [0.29, 0.717) is 0 Å². The highest BCUT2D eigenvalue weighted by molar-refractivity contribution is 6.93. The maximum Gasteiger partial charge on any atom is 0.129 e. The topological polar surface area (TPSA) is 0 Å². The van der Waals surface area contributed by atoms with E-state index >= 15 is 0 Å². The molecule has 0 saturated heterocycles. The largest absolute Gasteiger partial charge is 0.176 e. The minimum Gasteiger partial charge on any atom is -0.176 e. The smallest absolute Gasteiger partial charge is 0.129 e. The Morgan fingerprint density at radius 1 is 1.13 bits per heavy atom. The van der Waals surface area contributed by atoms with Crippen LogP contribution in [0.4, 0.5) is 0 Å². The predicted octanol–water partition coefficient (Wildman–Crippen LogP) is 3.56. The van der Waals surface area contributed by atoms with Crippen LogP contribution in [0.2, 0.25) is 0 Å². The molecule has 0 radical (unpaired) electrons. The molecular formula is C13H19ClSi. The fourth-order valence-corrected chi connectivity index (χ4v) is 3.95. The van der Waals surface area contributed by atoms with Gasteiger partial charge in [0.1, 0.15) is 8.83 Å². The SMILES string of the molecule is Cl[SiH2]Cc1ccccc1C1CCCCC1. The lowest BCUT2D eigenvalue weighted by Gasteiger charge is -2.24. The predicted molar refractivity (Wildman–Crippen MR) is 70.4 cm³/mol. The van der Waals surface area contributed by atoms with E-state index in [0.717, 1.165) is 12.0 Å². The molecule has 0 aromatic heterocycles. The number of benzene rings is 1. The third-order valence-corrected chi connectivity index (χ3v) is 4.76. The average Bonchev–Trinajstić information content (AvgIpc) is 2.31. The second-order valence-electron chi connectivity index (χ2n) is 4.47. The van der Waals surface area contributed by atoms with E-state index in [2.05, 4.69) is 24.3 Å². The highest BCUT2D eigenvalue weighted by Gasteiger charge is 2.17. The van der Waals surface area contributed by atoms with Crippen LogP contribution in [-0.4, -0.2) is 8.83 Å². The Bertz CT molecular complexity index is 305. The molecular weight excluding hydrogens is 220 g/mol. The van der Waals surface area contributed by atoms with Crippen LogP contribution in [0.25, 0.3) is 0 Å². The highest BCUT2D eigenvalue weighted by Crippen LogP contribution is 2.34. The summed E-state index contributed by atoms with van der Waals surface area (Å²) in [5, 5.41) is 0. The van der Waals surface area contributed by atoms with Crippen molar-refractivity contribution in [3.05, 3.63) is 35.4 Å². The number of rotatable bonds is 3. The first-order chi connectivity index (χ1) is 7.42. The van der Waals surface area contributed by atoms with Gasteiger partial charge in [-0.05, 0) is 35.9 Å². The lowest BCUT2D eigenvalue weighted by Crippen LogP contribution is -2.08. The summed E-state index contributed by atoms with van der Waals surface area (Å²) in [5.74, 6) is 0.826. The lowest BCUT2D eigenvalue weighted by atomic mass is 9.82. The molecule has 1 aliphatic carbocycles. The second-order valence-corrected chi connectivity index (χ2v) is 6.48. The van der Waals surface area contributed by atoms with Gasteiger partial charge in [0.25, 0.3) is 0 Å². The summed E-state index contributed by atoms with van der Waals surface area (Å²) in [6, 6.07) is 10.1. The van der Waals surface area contributed by atoms with Crippen molar-refractivity contribution >= 4 is 19.9 Å². The Labute approximate surface area is 99.6 Å². The summed E-state index contributed by atoms with van der Waals surface area (Å²) in [7, 11) is -0.369. The molecule has 0 aliphatic heterocycles. The average molecular weight is 239 g/mol. The van der Waals surface area contributed by atoms with Gasteiger partial charge in [-0.2, -0.15) is 11.1 Å². The van der Waals surface area contributed by atoms with Crippen LogP contribution < -0.4 is 0 Å². The molecule has 2 rings (SSSR count). The molecule has 1 aromatic rings. The van der Waals surface area contributed by atoms with Crippen molar-refractivity contribution in [3.8, 4) is 0 Å². The molecule has 0 nitrogen and oxygen atoms in total. The van der Waals surface area contributed by atoms with Gasteiger partial charge in [-0.15, -0.1) is 0 Å². The van der Waals surface area contributed by atoms with Gasteiger partial charge in [-0.3, -0.25) is 0 Å². The van der Waals surface area contributed by atoms with Gasteiger partial charge < -0.3 is 0 Å². The molecule has 1 saturated carbocycles. The van der Waals surface area contributed by atoms with Gasteiger partial charge in [0.15, 0.2) is 0 Å². The number of hydrogen-bond acceptors (Lipinski definition) is 0. The summed E-state index contributed by atoms with van der Waals surface area (Å²) in [6.07, 6.45) is 7.04. The van der Waals surface area contributed by atoms with Crippen molar-refractivity contribution < 1.29 is 0 Å². The molecule has 2 heteroatoms. The van der Waals surface area contributed by atoms with Crippen LogP contribution in [0.1, 0.15) is 49.1 Å². The minimum atomic E-state index is -0.369. The fraction of sp³-hybridized carbons (Fsp3) is 0.538. The summed E-state index contributed by atoms with van der Waals surface area (Å²) >= 11 is 5.99. The van der Waals surface area contributed by atoms with Crippen LogP contribution in [0, 0.1) is 0 Å². The van der Waals surface area contributed by atoms with Crippen molar-refractivity contribution in [1.29, 1.82) is 0 Å². The molecule has 0 spiro atoms. The van der Waals surface area contributed by atoms with Gasteiger partial charge >= 0.3 is 0 Å². The monoisotopic (exact) mass is 238 g/mol. The van der Waals surface area contributed by atoms with E-state index in [1.54, 1.807) is 5.56 Å². The molecule has 1 aliphatic rings. The molecule has 0 bridgehead atoms. The van der Waals surface area contributed by atoms with Crippen molar-refractivity contribution in [2.75, 3.05) is 0 Å². The van der Waals surface area contributed by atoms with E-state index < -0.39 is 0 Å². The van der Waals surface area contributed by atoms with Crippen LogP contribution >= 0.6 is 11.1 Å². The Hall–Kier alpha value is -0.273. The van der Waals surface area contributed by atoms with Gasteiger partial charge in [0, 0.05) is 0 Å². The van der Waals surface area contributed by atoms with E-state index in [9.17, 15) is 0 Å². The molecule has 1 fully saturated rings. The minimum absolute atomic E-state index is 0.369. The highest BCUT2D eigenvalue weighted by atomic mass is 35.6. The van der Waals surface area contributed by atoms with Crippen LogP contribution in [-0.2, 0) is 6.04 Å². The molecule has 0 atom stereocenters. The van der Waals surface area contributed by atoms with E-state index in [1.807, 2.05) is 0 Å². The maximum atomic E-state index is 5.99. The van der Waals surface area contributed by atoms with Crippen molar-refractivity contribution in [1.82, 2.24) is 0 Å². The molecule has 82 valence electrons. The lowest BCUT2D eigenvalue weighted by molar-refractivity contribution is 0.442. The van der Waals surface area contributed by atoms with Crippen LogP contribution in [0.5, 0.6) is 0 Å². The first-order valence-electron chi connectivity index (χ1n) is 6.05. The zero-order chi connectivity index (χ0) is 10.5. The number of hydrogen-bond donors (Lipinski definition) is 0. The van der Waals surface area contributed by atoms with E-state index in [-0.39, 0.29) is 8.83 Å². The molecule has 0 heterocycles. The van der Waals surface area contributed by atoms with Gasteiger partial charge in [-0.1, -0.05) is 43.5 Å². The fourth-order valence-electron chi connectivity index (χ4n) is 2.68. The Balaban J connectivity index is 2.17. The molecule has 15 heavy (non-hydrogen) atoms. The summed E-state index contributed by atoms with van der Waals surface area (Å²) < 4.78 is 0. The zero-order valence-electron chi connectivity index (χ0n) is 9.21. The van der Waals surface area contributed by atoms with Gasteiger partial charge in [0.2, 0.25) is 0 Å². The van der Waals surface area contributed by atoms with Crippen LogP contribution in [0.3, 0.4) is 0 Å². The van der Waals surface area contributed by atoms with E-state index in [1.165, 1.54) is 37.7 Å². The second kappa shape index (κ2) is 5.71. The quantitative estimate of drug-likeness (QED) is 0.558. The Morgan fingerprint density at radius 2 is 1.87 bits per heavy atom. The van der Waals surface area contributed by atoms with Crippen molar-refractivity contribution in [2.45, 2.75) is 44.1 Å². The zero-order valence-corrected chi connectivity index (χ0v) is 11.4. The van der Waals surface area contributed by atoms with Crippen molar-refractivity contribution in [3.63, 3.8) is 0 Å². The normalized spacial score (nSPS) is 18.7. The standard InChI is InChI=1S/C13H19ClSi/c14-15-10-12-8-4-5-9-13(12)11-6-2-1-3-7-11/h4-5,8-9,11H,1-3,6-7,10,15H2. The summed E-state index contributed by atoms with van der Waals surface area (Å²) in [5.41, 5.74) is 3.14. The van der Waals surface area contributed by atoms with Crippen molar-refractivity contribution in [2.24, 2.45) is 0 Å². The van der Waals surface area contributed by atoms with Gasteiger partial charge in [0.05, 0.1) is 0 Å². The first-order valence-corrected chi connectivity index (χ1v) is 9.19. The van der Waals surface area contributed by atoms with Gasteiger partial charge in [-0.25, -0.2) is 0 Å².